The lowest BCUT2D eigenvalue weighted by Gasteiger charge is -2.39. The maximum absolute atomic E-state index is 13.4. The van der Waals surface area contributed by atoms with E-state index in [1.165, 1.54) is 6.92 Å². The second-order valence-electron chi connectivity index (χ2n) is 7.06. The first-order valence-electron chi connectivity index (χ1n) is 7.98. The molecule has 0 aliphatic heterocycles. The fourth-order valence-corrected chi connectivity index (χ4v) is 4.34. The monoisotopic (exact) mass is 308 g/mol. The van der Waals surface area contributed by atoms with Crippen LogP contribution in [0.5, 0.6) is 0 Å². The zero-order valence-electron chi connectivity index (χ0n) is 13.4. The predicted molar refractivity (Wildman–Crippen MR) is 74.7 cm³/mol. The van der Waals surface area contributed by atoms with Crippen LogP contribution in [0.3, 0.4) is 0 Å². The van der Waals surface area contributed by atoms with E-state index in [0.717, 1.165) is 12.8 Å². The first-order chi connectivity index (χ1) is 9.69. The molecule has 2 rings (SSSR count). The fraction of sp³-hybridized carbons (Fsp3) is 1.00. The Labute approximate surface area is 125 Å². The van der Waals surface area contributed by atoms with Crippen LogP contribution in [-0.4, -0.2) is 25.2 Å². The Morgan fingerprint density at radius 2 is 1.76 bits per heavy atom. The van der Waals surface area contributed by atoms with Gasteiger partial charge in [-0.3, -0.25) is 0 Å². The molecule has 5 heteroatoms. The highest BCUT2D eigenvalue weighted by Crippen LogP contribution is 2.57. The SMILES string of the molecule is CCOCOC(C)(CC1CC2CC1C(C)C2C)C(F)(F)F. The molecular weight excluding hydrogens is 281 g/mol. The molecule has 2 nitrogen and oxygen atoms in total. The molecule has 0 saturated heterocycles. The normalized spacial score (nSPS) is 38.7. The molecule has 0 aromatic carbocycles. The van der Waals surface area contributed by atoms with Gasteiger partial charge in [0.2, 0.25) is 0 Å². The van der Waals surface area contributed by atoms with Gasteiger partial charge in [0, 0.05) is 6.61 Å². The highest BCUT2D eigenvalue weighted by atomic mass is 19.4. The lowest BCUT2D eigenvalue weighted by Crippen LogP contribution is -2.48. The summed E-state index contributed by atoms with van der Waals surface area (Å²) in [4.78, 5) is 0. The van der Waals surface area contributed by atoms with E-state index < -0.39 is 11.8 Å². The number of alkyl halides is 3. The van der Waals surface area contributed by atoms with Crippen molar-refractivity contribution >= 4 is 0 Å². The molecule has 0 radical (unpaired) electrons. The van der Waals surface area contributed by atoms with Crippen LogP contribution >= 0.6 is 0 Å². The summed E-state index contributed by atoms with van der Waals surface area (Å²) in [7, 11) is 0. The van der Waals surface area contributed by atoms with E-state index in [0.29, 0.717) is 30.3 Å². The Hall–Kier alpha value is -0.290. The summed E-state index contributed by atoms with van der Waals surface area (Å²) in [5.74, 6) is 2.31. The van der Waals surface area contributed by atoms with Gasteiger partial charge in [-0.2, -0.15) is 13.2 Å². The minimum atomic E-state index is -4.36. The molecule has 2 bridgehead atoms. The van der Waals surface area contributed by atoms with Crippen molar-refractivity contribution in [3.63, 3.8) is 0 Å². The third-order valence-electron chi connectivity index (χ3n) is 5.95. The maximum atomic E-state index is 13.4. The van der Waals surface area contributed by atoms with Gasteiger partial charge in [0.1, 0.15) is 6.79 Å². The summed E-state index contributed by atoms with van der Waals surface area (Å²) in [5.41, 5.74) is -2.10. The molecule has 0 heterocycles. The van der Waals surface area contributed by atoms with Gasteiger partial charge in [0.05, 0.1) is 0 Å². The van der Waals surface area contributed by atoms with Crippen LogP contribution in [0.15, 0.2) is 0 Å². The largest absolute Gasteiger partial charge is 0.417 e. The Morgan fingerprint density at radius 1 is 1.10 bits per heavy atom. The molecule has 21 heavy (non-hydrogen) atoms. The lowest BCUT2D eigenvalue weighted by molar-refractivity contribution is -0.298. The van der Waals surface area contributed by atoms with Crippen molar-refractivity contribution in [2.75, 3.05) is 13.4 Å². The number of halogens is 3. The summed E-state index contributed by atoms with van der Waals surface area (Å²) in [6.45, 7) is 7.41. The second-order valence-corrected chi connectivity index (χ2v) is 7.06. The molecule has 0 aromatic rings. The zero-order valence-corrected chi connectivity index (χ0v) is 13.4. The molecule has 6 unspecified atom stereocenters. The van der Waals surface area contributed by atoms with Gasteiger partial charge >= 0.3 is 6.18 Å². The van der Waals surface area contributed by atoms with Crippen LogP contribution in [0, 0.1) is 29.6 Å². The molecule has 0 spiro atoms. The van der Waals surface area contributed by atoms with Crippen LogP contribution in [0.1, 0.15) is 47.0 Å². The first kappa shape index (κ1) is 17.1. The van der Waals surface area contributed by atoms with Crippen LogP contribution in [-0.2, 0) is 9.47 Å². The van der Waals surface area contributed by atoms with Crippen molar-refractivity contribution in [1.29, 1.82) is 0 Å². The summed E-state index contributed by atoms with van der Waals surface area (Å²) in [6, 6.07) is 0. The van der Waals surface area contributed by atoms with E-state index >= 15 is 0 Å². The summed E-state index contributed by atoms with van der Waals surface area (Å²) >= 11 is 0. The van der Waals surface area contributed by atoms with Crippen molar-refractivity contribution < 1.29 is 22.6 Å². The minimum Gasteiger partial charge on any atom is -0.356 e. The molecule has 0 aromatic heterocycles. The Bertz CT molecular complexity index is 356. The van der Waals surface area contributed by atoms with Gasteiger partial charge in [0.15, 0.2) is 5.60 Å². The molecule has 2 saturated carbocycles. The molecule has 6 atom stereocenters. The van der Waals surface area contributed by atoms with Crippen LogP contribution in [0.4, 0.5) is 13.2 Å². The highest BCUT2D eigenvalue weighted by molar-refractivity contribution is 5.00. The minimum absolute atomic E-state index is 0.0573. The van der Waals surface area contributed by atoms with Crippen LogP contribution < -0.4 is 0 Å². The van der Waals surface area contributed by atoms with E-state index in [-0.39, 0.29) is 19.1 Å². The number of rotatable bonds is 6. The van der Waals surface area contributed by atoms with Crippen molar-refractivity contribution in [2.24, 2.45) is 29.6 Å². The highest BCUT2D eigenvalue weighted by Gasteiger charge is 2.57. The standard InChI is InChI=1S/C16H27F3O2/c1-5-20-9-21-15(4,16(17,18)19)8-13-6-12-7-14(13)11(3)10(12)2/h10-14H,5-9H2,1-4H3. The van der Waals surface area contributed by atoms with Gasteiger partial charge in [-0.15, -0.1) is 0 Å². The maximum Gasteiger partial charge on any atom is 0.417 e. The molecule has 124 valence electrons. The summed E-state index contributed by atoms with van der Waals surface area (Å²) < 4.78 is 50.3. The molecule has 0 amide bonds. The average Bonchev–Trinajstić information content (AvgIpc) is 2.89. The first-order valence-corrected chi connectivity index (χ1v) is 7.98. The van der Waals surface area contributed by atoms with Gasteiger partial charge in [0.25, 0.3) is 0 Å². The lowest BCUT2D eigenvalue weighted by atomic mass is 9.72. The molecule has 2 fully saturated rings. The number of fused-ring (bicyclic) bond motifs is 2. The van der Waals surface area contributed by atoms with Gasteiger partial charge in [-0.05, 0) is 62.7 Å². The quantitative estimate of drug-likeness (QED) is 0.526. The van der Waals surface area contributed by atoms with Gasteiger partial charge in [-0.1, -0.05) is 13.8 Å². The number of hydrogen-bond acceptors (Lipinski definition) is 2. The van der Waals surface area contributed by atoms with Gasteiger partial charge < -0.3 is 9.47 Å². The van der Waals surface area contributed by atoms with Crippen LogP contribution in [0.2, 0.25) is 0 Å². The number of hydrogen-bond donors (Lipinski definition) is 0. The molecule has 0 N–H and O–H groups in total. The summed E-state index contributed by atoms with van der Waals surface area (Å²) in [6.07, 6.45) is -2.30. The van der Waals surface area contributed by atoms with E-state index in [1.807, 2.05) is 0 Å². The third-order valence-corrected chi connectivity index (χ3v) is 5.95. The zero-order chi connectivity index (χ0) is 15.8. The van der Waals surface area contributed by atoms with Crippen molar-refractivity contribution in [3.8, 4) is 0 Å². The topological polar surface area (TPSA) is 18.5 Å². The fourth-order valence-electron chi connectivity index (χ4n) is 4.34. The Balaban J connectivity index is 2.03. The third kappa shape index (κ3) is 3.24. The molecular formula is C16H27F3O2. The molecule has 2 aliphatic rings. The van der Waals surface area contributed by atoms with E-state index in [4.69, 9.17) is 9.47 Å². The van der Waals surface area contributed by atoms with E-state index in [9.17, 15) is 13.2 Å². The summed E-state index contributed by atoms with van der Waals surface area (Å²) in [5, 5.41) is 0. The Kier molecular flexibility index (Phi) is 4.94. The number of ether oxygens (including phenoxy) is 2. The Morgan fingerprint density at radius 3 is 2.24 bits per heavy atom. The molecule has 2 aliphatic carbocycles. The van der Waals surface area contributed by atoms with Crippen molar-refractivity contribution in [2.45, 2.75) is 58.7 Å². The van der Waals surface area contributed by atoms with E-state index in [2.05, 4.69) is 13.8 Å². The second kappa shape index (κ2) is 6.07. The van der Waals surface area contributed by atoms with E-state index in [1.54, 1.807) is 6.92 Å². The van der Waals surface area contributed by atoms with Gasteiger partial charge in [-0.25, -0.2) is 0 Å². The predicted octanol–water partition coefficient (Wildman–Crippen LogP) is 4.64. The van der Waals surface area contributed by atoms with Crippen molar-refractivity contribution in [1.82, 2.24) is 0 Å². The van der Waals surface area contributed by atoms with Crippen molar-refractivity contribution in [3.05, 3.63) is 0 Å². The average molecular weight is 308 g/mol. The smallest absolute Gasteiger partial charge is 0.356 e. The van der Waals surface area contributed by atoms with Crippen LogP contribution in [0.25, 0.3) is 0 Å².